The molecule has 3 aromatic rings. The third-order valence-electron chi connectivity index (χ3n) is 9.91. The van der Waals surface area contributed by atoms with Gasteiger partial charge < -0.3 is 14.8 Å². The summed E-state index contributed by atoms with van der Waals surface area (Å²) in [6.07, 6.45) is -1.87. The zero-order valence-electron chi connectivity index (χ0n) is 26.9. The lowest BCUT2D eigenvalue weighted by molar-refractivity contribution is -0.143. The van der Waals surface area contributed by atoms with Crippen LogP contribution < -0.4 is 0 Å². The number of rotatable bonds is 6. The van der Waals surface area contributed by atoms with Gasteiger partial charge in [-0.05, 0) is 49.1 Å². The number of nitrogens with one attached hydrogen (secondary N) is 1. The molecule has 0 spiro atoms. The highest BCUT2D eigenvalue weighted by atomic mass is 35.5. The van der Waals surface area contributed by atoms with E-state index in [1.54, 1.807) is 6.20 Å². The van der Waals surface area contributed by atoms with Gasteiger partial charge in [-0.25, -0.2) is 0 Å². The van der Waals surface area contributed by atoms with Gasteiger partial charge in [-0.1, -0.05) is 37.5 Å². The fourth-order valence-electron chi connectivity index (χ4n) is 7.38. The summed E-state index contributed by atoms with van der Waals surface area (Å²) in [5.74, 6) is -0.928. The third kappa shape index (κ3) is 9.03. The number of piperazine rings is 2. The molecule has 270 valence electrons. The molecule has 1 N–H and O–H groups in total. The van der Waals surface area contributed by atoms with E-state index in [1.807, 2.05) is 34.1 Å². The molecule has 3 aliphatic rings. The van der Waals surface area contributed by atoms with Gasteiger partial charge in [-0.15, -0.1) is 24.8 Å². The first-order chi connectivity index (χ1) is 22.4. The molecule has 7 nitrogen and oxygen atoms in total. The largest absolute Gasteiger partial charge is 0.416 e. The predicted octanol–water partition coefficient (Wildman–Crippen LogP) is 6.90. The highest BCUT2D eigenvalue weighted by Crippen LogP contribution is 2.37. The van der Waals surface area contributed by atoms with Crippen LogP contribution in [0.15, 0.2) is 48.7 Å². The van der Waals surface area contributed by atoms with E-state index in [2.05, 4.69) is 9.88 Å². The molecule has 6 rings (SSSR count). The zero-order valence-corrected chi connectivity index (χ0v) is 28.5. The van der Waals surface area contributed by atoms with Gasteiger partial charge in [-0.3, -0.25) is 19.4 Å². The molecule has 2 aromatic carbocycles. The molecule has 1 atom stereocenters. The number of H-pyrrole nitrogens is 1. The monoisotopic (exact) mass is 735 g/mol. The Balaban J connectivity index is 0.00000270. The summed E-state index contributed by atoms with van der Waals surface area (Å²) in [6.45, 7) is 3.62. The van der Waals surface area contributed by atoms with Gasteiger partial charge in [0.15, 0.2) is 0 Å². The summed E-state index contributed by atoms with van der Waals surface area (Å²) in [5.41, 5.74) is -2.01. The molecule has 2 amide bonds. The minimum Gasteiger partial charge on any atom is -0.361 e. The number of hydrogen-bond donors (Lipinski definition) is 1. The summed E-state index contributed by atoms with van der Waals surface area (Å²) >= 11 is 0. The maximum absolute atomic E-state index is 13.8. The lowest BCUT2D eigenvalue weighted by Crippen LogP contribution is -2.59. The fourth-order valence-corrected chi connectivity index (χ4v) is 7.38. The molecule has 1 aliphatic carbocycles. The highest BCUT2D eigenvalue weighted by Gasteiger charge is 2.40. The lowest BCUT2D eigenvalue weighted by atomic mass is 9.94. The first-order valence-corrected chi connectivity index (χ1v) is 16.3. The highest BCUT2D eigenvalue weighted by molar-refractivity contribution is 5.95. The fraction of sp³-hybridized carbons (Fsp3) is 0.529. The van der Waals surface area contributed by atoms with Crippen molar-refractivity contribution in [2.75, 3.05) is 52.4 Å². The van der Waals surface area contributed by atoms with Crippen LogP contribution in [0.1, 0.15) is 59.2 Å². The number of alkyl halides is 6. The molecule has 2 saturated heterocycles. The summed E-state index contributed by atoms with van der Waals surface area (Å²) in [7, 11) is 0. The van der Waals surface area contributed by atoms with Crippen molar-refractivity contribution >= 4 is 47.5 Å². The van der Waals surface area contributed by atoms with Crippen LogP contribution in [0, 0.1) is 0 Å². The topological polar surface area (TPSA) is 62.9 Å². The molecule has 0 bridgehead atoms. The number of para-hydroxylation sites is 1. The predicted molar refractivity (Wildman–Crippen MR) is 179 cm³/mol. The Kier molecular flexibility index (Phi) is 12.6. The van der Waals surface area contributed by atoms with Crippen molar-refractivity contribution in [3.63, 3.8) is 0 Å². The van der Waals surface area contributed by atoms with Crippen LogP contribution in [0.5, 0.6) is 0 Å². The first-order valence-electron chi connectivity index (χ1n) is 16.3. The number of halogens is 8. The number of aromatic amines is 1. The van der Waals surface area contributed by atoms with Gasteiger partial charge in [0.05, 0.1) is 17.7 Å². The number of hydrogen-bond acceptors (Lipinski definition) is 4. The number of aromatic nitrogens is 1. The number of amides is 2. The van der Waals surface area contributed by atoms with Crippen molar-refractivity contribution in [1.29, 1.82) is 0 Å². The molecule has 3 fully saturated rings. The van der Waals surface area contributed by atoms with Crippen molar-refractivity contribution < 1.29 is 35.9 Å². The SMILES string of the molecule is Cl.Cl.O=C(CN1CCN(C(=O)c2cc(C(F)(F)F)cc(C(F)(F)F)c2)C(Cc2c[nH]c3ccccc23)C1)N1CCN(C2CCCCC2)CC1. The van der Waals surface area contributed by atoms with Crippen LogP contribution in [0.3, 0.4) is 0 Å². The summed E-state index contributed by atoms with van der Waals surface area (Å²) in [4.78, 5) is 38.0. The van der Waals surface area contributed by atoms with Gasteiger partial charge in [0.25, 0.3) is 5.91 Å². The first kappa shape index (κ1) is 38.8. The Labute approximate surface area is 293 Å². The molecule has 1 saturated carbocycles. The molecule has 15 heteroatoms. The minimum atomic E-state index is -5.07. The van der Waals surface area contributed by atoms with Crippen LogP contribution in [0.25, 0.3) is 10.9 Å². The number of benzene rings is 2. The van der Waals surface area contributed by atoms with E-state index in [4.69, 9.17) is 0 Å². The van der Waals surface area contributed by atoms with E-state index >= 15 is 0 Å². The smallest absolute Gasteiger partial charge is 0.361 e. The van der Waals surface area contributed by atoms with E-state index in [0.29, 0.717) is 37.7 Å². The molecular formula is C34H41Cl2F6N5O2. The Morgan fingerprint density at radius 1 is 0.796 bits per heavy atom. The lowest BCUT2D eigenvalue weighted by Gasteiger charge is -2.43. The van der Waals surface area contributed by atoms with Crippen LogP contribution in [-0.2, 0) is 23.6 Å². The number of fused-ring (bicyclic) bond motifs is 1. The Morgan fingerprint density at radius 2 is 1.43 bits per heavy atom. The number of carbonyl (C=O) groups is 2. The van der Waals surface area contributed by atoms with Gasteiger partial charge in [-0.2, -0.15) is 26.3 Å². The number of carbonyl (C=O) groups excluding carboxylic acids is 2. The Hall–Kier alpha value is -3.00. The van der Waals surface area contributed by atoms with E-state index < -0.39 is 41.0 Å². The molecule has 2 aliphatic heterocycles. The normalized spacial score (nSPS) is 20.2. The van der Waals surface area contributed by atoms with Gasteiger partial charge in [0, 0.05) is 80.6 Å². The van der Waals surface area contributed by atoms with E-state index in [-0.39, 0.29) is 63.0 Å². The average molecular weight is 737 g/mol. The van der Waals surface area contributed by atoms with E-state index in [0.717, 1.165) is 29.6 Å². The zero-order chi connectivity index (χ0) is 33.3. The number of nitrogens with zero attached hydrogens (tertiary/aromatic N) is 4. The summed E-state index contributed by atoms with van der Waals surface area (Å²) in [5, 5.41) is 0.905. The van der Waals surface area contributed by atoms with E-state index in [9.17, 15) is 35.9 Å². The molecule has 1 aromatic heterocycles. The van der Waals surface area contributed by atoms with Crippen LogP contribution in [-0.4, -0.2) is 101 Å². The van der Waals surface area contributed by atoms with Crippen LogP contribution in [0.4, 0.5) is 26.3 Å². The van der Waals surface area contributed by atoms with Crippen molar-refractivity contribution in [2.24, 2.45) is 0 Å². The molecule has 3 heterocycles. The minimum absolute atomic E-state index is 0. The Bertz CT molecular complexity index is 1550. The standard InChI is InChI=1S/C34H39F6N5O2.2ClH/c35-33(36,37)25-16-23(17-26(19-25)34(38,39)40)32(47)45-15-10-42(21-28(45)18-24-20-41-30-9-5-4-8-29(24)30)22-31(46)44-13-11-43(12-14-44)27-6-2-1-3-7-27;;/h4-5,8-9,16-17,19-20,27-28,41H,1-3,6-7,10-15,18,21-22H2;2*1H. The average Bonchev–Trinajstić information content (AvgIpc) is 3.46. The Morgan fingerprint density at radius 3 is 2.06 bits per heavy atom. The third-order valence-corrected chi connectivity index (χ3v) is 9.91. The van der Waals surface area contributed by atoms with E-state index in [1.165, 1.54) is 37.0 Å². The van der Waals surface area contributed by atoms with Crippen molar-refractivity contribution in [1.82, 2.24) is 24.6 Å². The second-order valence-corrected chi connectivity index (χ2v) is 13.0. The maximum Gasteiger partial charge on any atom is 0.416 e. The van der Waals surface area contributed by atoms with Gasteiger partial charge in [0.2, 0.25) is 5.91 Å². The summed E-state index contributed by atoms with van der Waals surface area (Å²) < 4.78 is 81.7. The quantitative estimate of drug-likeness (QED) is 0.280. The van der Waals surface area contributed by atoms with Crippen molar-refractivity contribution in [3.8, 4) is 0 Å². The van der Waals surface area contributed by atoms with Crippen molar-refractivity contribution in [3.05, 3.63) is 70.9 Å². The van der Waals surface area contributed by atoms with Gasteiger partial charge >= 0.3 is 12.4 Å². The molecular weight excluding hydrogens is 695 g/mol. The molecule has 0 radical (unpaired) electrons. The van der Waals surface area contributed by atoms with Crippen molar-refractivity contribution in [2.45, 2.75) is 63.0 Å². The van der Waals surface area contributed by atoms with Gasteiger partial charge in [0.1, 0.15) is 0 Å². The second-order valence-electron chi connectivity index (χ2n) is 13.0. The molecule has 49 heavy (non-hydrogen) atoms. The van der Waals surface area contributed by atoms with Crippen LogP contribution >= 0.6 is 24.8 Å². The van der Waals surface area contributed by atoms with Crippen LogP contribution in [0.2, 0.25) is 0 Å². The second kappa shape index (κ2) is 15.9. The molecule has 1 unspecified atom stereocenters. The maximum atomic E-state index is 13.8. The summed E-state index contributed by atoms with van der Waals surface area (Å²) in [6, 6.07) is 8.52.